The number of ether oxygens (including phenoxy) is 2. The van der Waals surface area contributed by atoms with E-state index in [1.807, 2.05) is 24.3 Å². The van der Waals surface area contributed by atoms with Crippen molar-refractivity contribution >= 4 is 65.0 Å². The van der Waals surface area contributed by atoms with Crippen LogP contribution in [-0.2, 0) is 0 Å². The van der Waals surface area contributed by atoms with E-state index in [-0.39, 0.29) is 0 Å². The number of benzene rings is 8. The van der Waals surface area contributed by atoms with Crippen LogP contribution in [0.4, 0.5) is 0 Å². The van der Waals surface area contributed by atoms with Crippen LogP contribution in [0.15, 0.2) is 155 Å². The first kappa shape index (κ1) is 28.5. The third kappa shape index (κ3) is 4.18. The molecule has 10 aromatic rings. The van der Waals surface area contributed by atoms with Crippen molar-refractivity contribution in [1.82, 2.24) is 0 Å². The number of methoxy groups -OCH3 is 2. The molecule has 0 saturated heterocycles. The molecule has 0 fully saturated rings. The lowest BCUT2D eigenvalue weighted by Crippen LogP contribution is -1.93. The molecule has 0 spiro atoms. The Morgan fingerprint density at radius 2 is 0.860 bits per heavy atom. The van der Waals surface area contributed by atoms with E-state index in [4.69, 9.17) is 18.3 Å². The summed E-state index contributed by atoms with van der Waals surface area (Å²) in [5.74, 6) is 1.65. The first-order valence-electron chi connectivity index (χ1n) is 16.7. The van der Waals surface area contributed by atoms with Gasteiger partial charge in [-0.25, -0.2) is 0 Å². The van der Waals surface area contributed by atoms with Gasteiger partial charge in [-0.1, -0.05) is 54.6 Å². The average Bonchev–Trinajstić information content (AvgIpc) is 3.87. The summed E-state index contributed by atoms with van der Waals surface area (Å²) in [6.07, 6.45) is 3.57. The van der Waals surface area contributed by atoms with Gasteiger partial charge in [-0.05, 0) is 145 Å². The molecule has 0 amide bonds. The van der Waals surface area contributed by atoms with Crippen molar-refractivity contribution in [3.8, 4) is 44.9 Å². The summed E-state index contributed by atoms with van der Waals surface area (Å²) in [4.78, 5) is 0. The summed E-state index contributed by atoms with van der Waals surface area (Å²) < 4.78 is 23.0. The molecule has 2 heterocycles. The highest BCUT2D eigenvalue weighted by atomic mass is 16.5. The molecule has 238 valence electrons. The molecule has 0 radical (unpaired) electrons. The Morgan fingerprint density at radius 1 is 0.380 bits per heavy atom. The van der Waals surface area contributed by atoms with Gasteiger partial charge in [0, 0.05) is 21.5 Å². The predicted octanol–water partition coefficient (Wildman–Crippen LogP) is 12.8. The van der Waals surface area contributed by atoms with Crippen molar-refractivity contribution in [2.45, 2.75) is 0 Å². The van der Waals surface area contributed by atoms with E-state index in [1.54, 1.807) is 26.7 Å². The SMILES string of the molecule is COc1ccc(-c2cc3c(-c4ccccc4)c4cc(-c5ccc(OC)cc5)c5c6ccoc6ccc5c4cc3c3ccc4occc4c23)cc1. The zero-order chi connectivity index (χ0) is 33.3. The minimum absolute atomic E-state index is 0.827. The molecule has 10 rings (SSSR count). The molecule has 2 aromatic heterocycles. The molecule has 0 atom stereocenters. The van der Waals surface area contributed by atoms with Gasteiger partial charge in [0.05, 0.1) is 26.7 Å². The van der Waals surface area contributed by atoms with Crippen molar-refractivity contribution < 1.29 is 18.3 Å². The summed E-state index contributed by atoms with van der Waals surface area (Å²) in [6, 6.07) is 47.5. The van der Waals surface area contributed by atoms with Crippen molar-refractivity contribution in [2.24, 2.45) is 0 Å². The van der Waals surface area contributed by atoms with Crippen molar-refractivity contribution in [3.05, 3.63) is 146 Å². The van der Waals surface area contributed by atoms with E-state index in [0.29, 0.717) is 0 Å². The van der Waals surface area contributed by atoms with Gasteiger partial charge in [0.2, 0.25) is 0 Å². The molecule has 0 aliphatic heterocycles. The van der Waals surface area contributed by atoms with Crippen molar-refractivity contribution in [3.63, 3.8) is 0 Å². The summed E-state index contributed by atoms with van der Waals surface area (Å²) in [5, 5.41) is 11.6. The summed E-state index contributed by atoms with van der Waals surface area (Å²) >= 11 is 0. The summed E-state index contributed by atoms with van der Waals surface area (Å²) in [6.45, 7) is 0. The van der Waals surface area contributed by atoms with Gasteiger partial charge >= 0.3 is 0 Å². The minimum atomic E-state index is 0.827. The zero-order valence-corrected chi connectivity index (χ0v) is 27.5. The number of furan rings is 2. The van der Waals surface area contributed by atoms with E-state index in [2.05, 4.69) is 109 Å². The lowest BCUT2D eigenvalue weighted by Gasteiger charge is -2.20. The molecule has 0 bridgehead atoms. The minimum Gasteiger partial charge on any atom is -0.497 e. The van der Waals surface area contributed by atoms with Crippen LogP contribution >= 0.6 is 0 Å². The third-order valence-electron chi connectivity index (χ3n) is 10.2. The molecular weight excluding hydrogens is 617 g/mol. The maximum atomic E-state index is 5.95. The van der Waals surface area contributed by atoms with Crippen molar-refractivity contribution in [1.29, 1.82) is 0 Å². The van der Waals surface area contributed by atoms with Crippen LogP contribution in [-0.4, -0.2) is 14.2 Å². The normalized spacial score (nSPS) is 11.8. The maximum Gasteiger partial charge on any atom is 0.134 e. The van der Waals surface area contributed by atoms with Gasteiger partial charge in [0.15, 0.2) is 0 Å². The Bertz CT molecular complexity index is 2730. The van der Waals surface area contributed by atoms with E-state index >= 15 is 0 Å². The highest BCUT2D eigenvalue weighted by molar-refractivity contribution is 6.32. The van der Waals surface area contributed by atoms with Gasteiger partial charge in [-0.2, -0.15) is 0 Å². The molecule has 50 heavy (non-hydrogen) atoms. The molecule has 4 nitrogen and oxygen atoms in total. The molecule has 0 saturated carbocycles. The Morgan fingerprint density at radius 3 is 1.32 bits per heavy atom. The lowest BCUT2D eigenvalue weighted by atomic mass is 9.83. The van der Waals surface area contributed by atoms with E-state index in [0.717, 1.165) is 61.3 Å². The number of hydrogen-bond donors (Lipinski definition) is 0. The fourth-order valence-corrected chi connectivity index (χ4v) is 7.92. The molecule has 0 unspecified atom stereocenters. The quantitative estimate of drug-likeness (QED) is 0.138. The second-order valence-electron chi connectivity index (χ2n) is 12.8. The Balaban J connectivity index is 1.43. The fourth-order valence-electron chi connectivity index (χ4n) is 7.92. The Labute approximate surface area is 287 Å². The van der Waals surface area contributed by atoms with Crippen LogP contribution in [0, 0.1) is 0 Å². The van der Waals surface area contributed by atoms with Gasteiger partial charge in [0.25, 0.3) is 0 Å². The Kier molecular flexibility index (Phi) is 6.27. The molecule has 4 heteroatoms. The highest BCUT2D eigenvalue weighted by Crippen LogP contribution is 2.49. The topological polar surface area (TPSA) is 44.7 Å². The summed E-state index contributed by atoms with van der Waals surface area (Å²) in [7, 11) is 3.41. The van der Waals surface area contributed by atoms with Crippen LogP contribution in [0.25, 0.3) is 98.4 Å². The zero-order valence-electron chi connectivity index (χ0n) is 27.5. The molecular formula is C46H30O4. The Hall–Kier alpha value is -6.52. The first-order valence-corrected chi connectivity index (χ1v) is 16.7. The predicted molar refractivity (Wildman–Crippen MR) is 205 cm³/mol. The smallest absolute Gasteiger partial charge is 0.134 e. The molecule has 0 N–H and O–H groups in total. The van der Waals surface area contributed by atoms with Gasteiger partial charge < -0.3 is 18.3 Å². The molecule has 0 aliphatic carbocycles. The molecule has 8 aromatic carbocycles. The van der Waals surface area contributed by atoms with Crippen LogP contribution < -0.4 is 9.47 Å². The van der Waals surface area contributed by atoms with Crippen LogP contribution in [0.2, 0.25) is 0 Å². The lowest BCUT2D eigenvalue weighted by molar-refractivity contribution is 0.415. The number of fused-ring (bicyclic) bond motifs is 10. The van der Waals surface area contributed by atoms with Crippen molar-refractivity contribution in [2.75, 3.05) is 14.2 Å². The average molecular weight is 647 g/mol. The summed E-state index contributed by atoms with van der Waals surface area (Å²) in [5.41, 5.74) is 8.63. The van der Waals surface area contributed by atoms with Gasteiger partial charge in [-0.15, -0.1) is 0 Å². The van der Waals surface area contributed by atoms with E-state index in [1.165, 1.54) is 48.7 Å². The second kappa shape index (κ2) is 11.0. The maximum absolute atomic E-state index is 5.95. The standard InChI is InChI=1S/C46H30O4/c1-47-30-12-8-27(9-13-30)36-24-40-38(32-16-18-42-34(45(32)36)20-22-49-42)26-39-33-17-19-43-35(21-23-50-43)46(33)37(28-10-14-31(48-2)15-11-28)25-41(39)44(40)29-6-4-3-5-7-29/h3-26H,1-2H3. The monoisotopic (exact) mass is 646 g/mol. The fraction of sp³-hybridized carbons (Fsp3) is 0.0435. The molecule has 0 aliphatic rings. The largest absolute Gasteiger partial charge is 0.497 e. The van der Waals surface area contributed by atoms with Crippen LogP contribution in [0.3, 0.4) is 0 Å². The number of rotatable bonds is 5. The van der Waals surface area contributed by atoms with E-state index < -0.39 is 0 Å². The third-order valence-corrected chi connectivity index (χ3v) is 10.2. The van der Waals surface area contributed by atoms with Crippen LogP contribution in [0.1, 0.15) is 0 Å². The van der Waals surface area contributed by atoms with Crippen LogP contribution in [0.5, 0.6) is 11.5 Å². The number of hydrogen-bond acceptors (Lipinski definition) is 4. The highest BCUT2D eigenvalue weighted by Gasteiger charge is 2.21. The van der Waals surface area contributed by atoms with Gasteiger partial charge in [0.1, 0.15) is 22.7 Å². The second-order valence-corrected chi connectivity index (χ2v) is 12.8. The van der Waals surface area contributed by atoms with E-state index in [9.17, 15) is 0 Å². The first-order chi connectivity index (χ1) is 24.7. The van der Waals surface area contributed by atoms with Gasteiger partial charge in [-0.3, -0.25) is 0 Å².